The minimum absolute atomic E-state index is 0.0940. The normalized spacial score (nSPS) is 15.4. The van der Waals surface area contributed by atoms with E-state index in [1.807, 2.05) is 60.7 Å². The average Bonchev–Trinajstić information content (AvgIpc) is 3.28. The van der Waals surface area contributed by atoms with E-state index in [4.69, 9.17) is 5.10 Å². The lowest BCUT2D eigenvalue weighted by Gasteiger charge is -2.27. The predicted octanol–water partition coefficient (Wildman–Crippen LogP) is 3.34. The number of hydrogen-bond donors (Lipinski definition) is 3. The largest absolute Gasteiger partial charge is 0.465 e. The van der Waals surface area contributed by atoms with Crippen LogP contribution in [0.25, 0.3) is 16.6 Å². The molecule has 0 radical (unpaired) electrons. The molecule has 2 atom stereocenters. The van der Waals surface area contributed by atoms with E-state index >= 15 is 0 Å². The Kier molecular flexibility index (Phi) is 7.07. The monoisotopic (exact) mass is 537 g/mol. The summed E-state index contributed by atoms with van der Waals surface area (Å²) in [5.74, 6) is -0.953. The molecule has 5 rings (SSSR count). The maximum absolute atomic E-state index is 14.0. The zero-order chi connectivity index (χ0) is 28.4. The smallest absolute Gasteiger partial charge is 0.407 e. The molecule has 40 heavy (non-hydrogen) atoms. The van der Waals surface area contributed by atoms with Gasteiger partial charge in [0.1, 0.15) is 18.2 Å². The second-order valence-electron chi connectivity index (χ2n) is 9.46. The maximum atomic E-state index is 14.0. The van der Waals surface area contributed by atoms with Gasteiger partial charge < -0.3 is 20.6 Å². The van der Waals surface area contributed by atoms with Crippen LogP contribution in [0.4, 0.5) is 16.2 Å². The van der Waals surface area contributed by atoms with Crippen LogP contribution in [-0.2, 0) is 16.1 Å². The molecule has 0 aliphatic carbocycles. The Balaban J connectivity index is 1.53. The molecule has 11 heteroatoms. The third kappa shape index (κ3) is 4.78. The number of carbonyl (C=O) groups excluding carboxylic acids is 2. The fourth-order valence-corrected chi connectivity index (χ4v) is 4.71. The van der Waals surface area contributed by atoms with Gasteiger partial charge >= 0.3 is 6.09 Å². The Morgan fingerprint density at radius 2 is 1.80 bits per heavy atom. The van der Waals surface area contributed by atoms with Gasteiger partial charge in [-0.3, -0.25) is 14.5 Å². The van der Waals surface area contributed by atoms with Gasteiger partial charge in [-0.1, -0.05) is 42.5 Å². The number of amides is 3. The quantitative estimate of drug-likeness (QED) is 0.342. The van der Waals surface area contributed by atoms with E-state index in [0.29, 0.717) is 28.3 Å². The summed E-state index contributed by atoms with van der Waals surface area (Å²) in [6.45, 7) is 1.67. The second kappa shape index (κ2) is 10.8. The van der Waals surface area contributed by atoms with Crippen LogP contribution in [0.1, 0.15) is 18.2 Å². The summed E-state index contributed by atoms with van der Waals surface area (Å²) in [5, 5.41) is 30.6. The van der Waals surface area contributed by atoms with E-state index in [-0.39, 0.29) is 19.0 Å². The Morgan fingerprint density at radius 1 is 1.12 bits per heavy atom. The van der Waals surface area contributed by atoms with Crippen molar-refractivity contribution in [3.8, 4) is 11.8 Å². The highest BCUT2D eigenvalue weighted by molar-refractivity contribution is 6.04. The summed E-state index contributed by atoms with van der Waals surface area (Å²) in [4.78, 5) is 40.6. The number of nitrogens with zero attached hydrogens (tertiary/aromatic N) is 5. The molecule has 3 amide bonds. The van der Waals surface area contributed by atoms with E-state index in [0.717, 1.165) is 15.8 Å². The number of likely N-dealkylation sites (N-methyl/N-ethyl adjacent to an activating group) is 1. The lowest BCUT2D eigenvalue weighted by Crippen LogP contribution is -2.55. The molecule has 3 aromatic carbocycles. The molecule has 1 aliphatic heterocycles. The first-order chi connectivity index (χ1) is 19.3. The standard InChI is InChI=1S/C29H27N7O4/c1-18(34(2)29(39)40)27(37)32-22-16-31-21-11-5-8-14-26(21)35(28(22)38)17-23-20-10-4-7-13-25(20)36(33-23)24-12-6-3-9-19(24)15-30/h3-14,18,22,31H,16-17H2,1-2H3,(H,32,37)(H,39,40)/t18-,22-/m0/s1. The Bertz CT molecular complexity index is 1660. The van der Waals surface area contributed by atoms with Gasteiger partial charge in [-0.2, -0.15) is 10.4 Å². The number of fused-ring (bicyclic) bond motifs is 2. The van der Waals surface area contributed by atoms with Crippen molar-refractivity contribution in [3.05, 3.63) is 84.1 Å². The predicted molar refractivity (Wildman–Crippen MR) is 149 cm³/mol. The van der Waals surface area contributed by atoms with Crippen molar-refractivity contribution in [1.82, 2.24) is 20.0 Å². The van der Waals surface area contributed by atoms with Gasteiger partial charge in [0.2, 0.25) is 5.91 Å². The molecule has 0 saturated carbocycles. The minimum Gasteiger partial charge on any atom is -0.465 e. The highest BCUT2D eigenvalue weighted by Crippen LogP contribution is 2.32. The second-order valence-corrected chi connectivity index (χ2v) is 9.46. The molecule has 0 saturated heterocycles. The Labute approximate surface area is 230 Å². The summed E-state index contributed by atoms with van der Waals surface area (Å²) in [5.41, 5.74) is 3.81. The molecule has 0 unspecified atom stereocenters. The summed E-state index contributed by atoms with van der Waals surface area (Å²) in [7, 11) is 1.30. The topological polar surface area (TPSA) is 144 Å². The molecule has 202 valence electrons. The first-order valence-corrected chi connectivity index (χ1v) is 12.7. The van der Waals surface area contributed by atoms with Crippen molar-refractivity contribution in [1.29, 1.82) is 5.26 Å². The summed E-state index contributed by atoms with van der Waals surface area (Å²) >= 11 is 0. The van der Waals surface area contributed by atoms with Crippen LogP contribution in [0, 0.1) is 11.3 Å². The van der Waals surface area contributed by atoms with E-state index in [1.54, 1.807) is 21.7 Å². The van der Waals surface area contributed by atoms with Crippen LogP contribution < -0.4 is 15.5 Å². The fraction of sp³-hybridized carbons (Fsp3) is 0.207. The van der Waals surface area contributed by atoms with E-state index < -0.39 is 24.1 Å². The molecule has 3 N–H and O–H groups in total. The van der Waals surface area contributed by atoms with E-state index in [9.17, 15) is 24.8 Å². The van der Waals surface area contributed by atoms with E-state index in [2.05, 4.69) is 16.7 Å². The number of para-hydroxylation sites is 4. The van der Waals surface area contributed by atoms with Crippen molar-refractivity contribution in [3.63, 3.8) is 0 Å². The first-order valence-electron chi connectivity index (χ1n) is 12.7. The van der Waals surface area contributed by atoms with Crippen LogP contribution in [0.2, 0.25) is 0 Å². The fourth-order valence-electron chi connectivity index (χ4n) is 4.71. The number of benzene rings is 3. The minimum atomic E-state index is -1.25. The van der Waals surface area contributed by atoms with Gasteiger partial charge in [-0.15, -0.1) is 0 Å². The number of aromatic nitrogens is 2. The van der Waals surface area contributed by atoms with Crippen molar-refractivity contribution < 1.29 is 19.5 Å². The lowest BCUT2D eigenvalue weighted by molar-refractivity contribution is -0.129. The van der Waals surface area contributed by atoms with E-state index in [1.165, 1.54) is 14.0 Å². The van der Waals surface area contributed by atoms with Crippen molar-refractivity contribution in [2.24, 2.45) is 0 Å². The van der Waals surface area contributed by atoms with Crippen molar-refractivity contribution >= 4 is 40.2 Å². The van der Waals surface area contributed by atoms with Gasteiger partial charge in [0, 0.05) is 19.0 Å². The summed E-state index contributed by atoms with van der Waals surface area (Å²) in [6.07, 6.45) is -1.25. The van der Waals surface area contributed by atoms with Gasteiger partial charge in [0.05, 0.1) is 40.4 Å². The molecule has 2 heterocycles. The number of carbonyl (C=O) groups is 3. The lowest BCUT2D eigenvalue weighted by atomic mass is 10.1. The molecular weight excluding hydrogens is 510 g/mol. The van der Waals surface area contributed by atoms with Crippen LogP contribution in [0.15, 0.2) is 72.8 Å². The molecule has 4 aromatic rings. The maximum Gasteiger partial charge on any atom is 0.407 e. The molecule has 0 spiro atoms. The Morgan fingerprint density at radius 3 is 2.55 bits per heavy atom. The number of nitriles is 1. The molecule has 0 bridgehead atoms. The number of carboxylic acid groups (broad SMARTS) is 1. The van der Waals surface area contributed by atoms with Crippen LogP contribution in [0.3, 0.4) is 0 Å². The highest BCUT2D eigenvalue weighted by Gasteiger charge is 2.34. The molecule has 1 aliphatic rings. The summed E-state index contributed by atoms with van der Waals surface area (Å²) < 4.78 is 1.71. The van der Waals surface area contributed by atoms with Gasteiger partial charge in [0.15, 0.2) is 0 Å². The van der Waals surface area contributed by atoms with Gasteiger partial charge in [0.25, 0.3) is 5.91 Å². The Hall–Kier alpha value is -5.37. The van der Waals surface area contributed by atoms with Crippen LogP contribution in [0.5, 0.6) is 0 Å². The van der Waals surface area contributed by atoms with Gasteiger partial charge in [-0.05, 0) is 37.3 Å². The molecule has 0 fully saturated rings. The SMILES string of the molecule is C[C@@H](C(=O)N[C@H]1CNc2ccccc2N(Cc2nn(-c3ccccc3C#N)c3ccccc23)C1=O)N(C)C(=O)O. The van der Waals surface area contributed by atoms with Gasteiger partial charge in [-0.25, -0.2) is 9.48 Å². The molecular formula is C29H27N7O4. The highest BCUT2D eigenvalue weighted by atomic mass is 16.4. The average molecular weight is 538 g/mol. The van der Waals surface area contributed by atoms with Crippen molar-refractivity contribution in [2.75, 3.05) is 23.8 Å². The zero-order valence-electron chi connectivity index (χ0n) is 21.9. The zero-order valence-corrected chi connectivity index (χ0v) is 21.9. The number of anilines is 2. The molecule has 11 nitrogen and oxygen atoms in total. The number of nitrogens with one attached hydrogen (secondary N) is 2. The number of rotatable bonds is 6. The van der Waals surface area contributed by atoms with Crippen LogP contribution >= 0.6 is 0 Å². The summed E-state index contributed by atoms with van der Waals surface area (Å²) in [6, 6.07) is 22.3. The van der Waals surface area contributed by atoms with Crippen LogP contribution in [-0.4, -0.2) is 63.4 Å². The third-order valence-electron chi connectivity index (χ3n) is 7.06. The first kappa shape index (κ1) is 26.2. The third-order valence-corrected chi connectivity index (χ3v) is 7.06. The molecule has 1 aromatic heterocycles. The number of hydrogen-bond acceptors (Lipinski definition) is 6. The van der Waals surface area contributed by atoms with Crippen molar-refractivity contribution in [2.45, 2.75) is 25.6 Å².